The summed E-state index contributed by atoms with van der Waals surface area (Å²) < 4.78 is 5.55. The lowest BCUT2D eigenvalue weighted by molar-refractivity contribution is 0.0940. The topological polar surface area (TPSA) is 41.6 Å². The Morgan fingerprint density at radius 1 is 1.16 bits per heavy atom. The molecule has 1 heterocycles. The molecule has 2 aromatic carbocycles. The van der Waals surface area contributed by atoms with Gasteiger partial charge in [-0.1, -0.05) is 32.9 Å². The second-order valence-electron chi connectivity index (χ2n) is 9.48. The highest BCUT2D eigenvalue weighted by atomic mass is 16.5. The number of methoxy groups -OCH3 is 1. The van der Waals surface area contributed by atoms with Crippen LogP contribution < -0.4 is 10.1 Å². The number of piperidine rings is 1. The highest BCUT2D eigenvalue weighted by Crippen LogP contribution is 2.32. The van der Waals surface area contributed by atoms with Gasteiger partial charge in [0.15, 0.2) is 0 Å². The predicted molar refractivity (Wildman–Crippen MR) is 128 cm³/mol. The first kappa shape index (κ1) is 23.3. The number of aryl methyl sites for hydroxylation is 1. The molecule has 0 radical (unpaired) electrons. The summed E-state index contributed by atoms with van der Waals surface area (Å²) in [4.78, 5) is 15.4. The van der Waals surface area contributed by atoms with Crippen LogP contribution in [0.2, 0.25) is 0 Å². The van der Waals surface area contributed by atoms with Crippen LogP contribution in [0, 0.1) is 12.8 Å². The maximum atomic E-state index is 12.9. The first-order valence-electron chi connectivity index (χ1n) is 11.6. The van der Waals surface area contributed by atoms with Gasteiger partial charge in [0.1, 0.15) is 5.75 Å². The van der Waals surface area contributed by atoms with Crippen LogP contribution in [0.5, 0.6) is 5.75 Å². The van der Waals surface area contributed by atoms with Crippen molar-refractivity contribution in [3.63, 3.8) is 0 Å². The number of rotatable bonds is 7. The number of hydrogen-bond donors (Lipinski definition) is 1. The van der Waals surface area contributed by atoms with E-state index in [-0.39, 0.29) is 11.9 Å². The predicted octanol–water partition coefficient (Wildman–Crippen LogP) is 5.85. The van der Waals surface area contributed by atoms with Gasteiger partial charge in [0.25, 0.3) is 5.91 Å². The molecule has 31 heavy (non-hydrogen) atoms. The Kier molecular flexibility index (Phi) is 7.77. The third kappa shape index (κ3) is 5.88. The van der Waals surface area contributed by atoms with E-state index >= 15 is 0 Å². The second-order valence-corrected chi connectivity index (χ2v) is 9.48. The average Bonchev–Trinajstić information content (AvgIpc) is 2.73. The molecule has 3 rings (SSSR count). The molecule has 1 aliphatic heterocycles. The van der Waals surface area contributed by atoms with E-state index in [9.17, 15) is 4.79 Å². The van der Waals surface area contributed by atoms with Crippen LogP contribution in [0.25, 0.3) is 0 Å². The molecule has 1 aliphatic rings. The zero-order chi connectivity index (χ0) is 22.5. The Morgan fingerprint density at radius 3 is 2.48 bits per heavy atom. The number of hydrogen-bond acceptors (Lipinski definition) is 3. The number of benzene rings is 2. The largest absolute Gasteiger partial charge is 0.496 e. The van der Waals surface area contributed by atoms with Crippen molar-refractivity contribution in [2.24, 2.45) is 5.92 Å². The van der Waals surface area contributed by atoms with Crippen LogP contribution in [0.3, 0.4) is 0 Å². The van der Waals surface area contributed by atoms with E-state index in [1.54, 1.807) is 7.11 Å². The summed E-state index contributed by atoms with van der Waals surface area (Å²) in [5, 5.41) is 3.17. The van der Waals surface area contributed by atoms with Crippen LogP contribution in [0.1, 0.15) is 85.1 Å². The Morgan fingerprint density at radius 2 is 1.87 bits per heavy atom. The van der Waals surface area contributed by atoms with Gasteiger partial charge >= 0.3 is 0 Å². The Bertz CT molecular complexity index is 889. The summed E-state index contributed by atoms with van der Waals surface area (Å²) in [6, 6.07) is 12.3. The van der Waals surface area contributed by atoms with Crippen molar-refractivity contribution in [1.29, 1.82) is 0 Å². The summed E-state index contributed by atoms with van der Waals surface area (Å²) in [6.07, 6.45) is 2.61. The molecular formula is C27H38N2O2. The fourth-order valence-corrected chi connectivity index (χ4v) is 4.62. The quantitative estimate of drug-likeness (QED) is 0.608. The van der Waals surface area contributed by atoms with E-state index in [4.69, 9.17) is 4.74 Å². The van der Waals surface area contributed by atoms with Crippen molar-refractivity contribution in [3.8, 4) is 5.75 Å². The van der Waals surface area contributed by atoms with Gasteiger partial charge in [-0.05, 0) is 91.6 Å². The number of nitrogens with one attached hydrogen (secondary N) is 1. The van der Waals surface area contributed by atoms with Gasteiger partial charge in [0.05, 0.1) is 13.2 Å². The van der Waals surface area contributed by atoms with E-state index in [1.165, 1.54) is 37.1 Å². The standard InChI is InChI=1S/C27H38N2O2/c1-18(2)24-15-25(20(4)14-26(24)31-6)21(5)28-27(30)23-11-9-22(10-12-23)17-29-13-7-8-19(3)16-29/h9-12,14-15,18-19,21H,7-8,13,16-17H2,1-6H3,(H,28,30)/t19-,21+/m1/s1. The smallest absolute Gasteiger partial charge is 0.251 e. The van der Waals surface area contributed by atoms with Crippen LogP contribution >= 0.6 is 0 Å². The number of nitrogens with zero attached hydrogens (tertiary/aromatic N) is 1. The molecule has 0 bridgehead atoms. The van der Waals surface area contributed by atoms with Crippen LogP contribution in [0.15, 0.2) is 36.4 Å². The summed E-state index contributed by atoms with van der Waals surface area (Å²) >= 11 is 0. The molecule has 1 fully saturated rings. The molecule has 0 saturated carbocycles. The summed E-state index contributed by atoms with van der Waals surface area (Å²) in [5.41, 5.74) is 5.40. The third-order valence-corrected chi connectivity index (χ3v) is 6.42. The highest BCUT2D eigenvalue weighted by molar-refractivity contribution is 5.94. The first-order valence-corrected chi connectivity index (χ1v) is 11.6. The first-order chi connectivity index (χ1) is 14.8. The maximum absolute atomic E-state index is 12.9. The molecule has 0 unspecified atom stereocenters. The van der Waals surface area contributed by atoms with Crippen molar-refractivity contribution >= 4 is 5.91 Å². The third-order valence-electron chi connectivity index (χ3n) is 6.42. The number of carbonyl (C=O) groups excluding carboxylic acids is 1. The fourth-order valence-electron chi connectivity index (χ4n) is 4.62. The minimum atomic E-state index is -0.0783. The van der Waals surface area contributed by atoms with Gasteiger partial charge in [-0.3, -0.25) is 9.69 Å². The van der Waals surface area contributed by atoms with Gasteiger partial charge < -0.3 is 10.1 Å². The number of amides is 1. The summed E-state index contributed by atoms with van der Waals surface area (Å²) in [7, 11) is 1.71. The van der Waals surface area contributed by atoms with Gasteiger partial charge in [-0.25, -0.2) is 0 Å². The molecule has 1 amide bonds. The number of ether oxygens (including phenoxy) is 1. The second kappa shape index (κ2) is 10.3. The molecular weight excluding hydrogens is 384 g/mol. The molecule has 0 spiro atoms. The minimum Gasteiger partial charge on any atom is -0.496 e. The van der Waals surface area contributed by atoms with E-state index < -0.39 is 0 Å². The molecule has 1 N–H and O–H groups in total. The molecule has 4 nitrogen and oxygen atoms in total. The van der Waals surface area contributed by atoms with E-state index in [0.29, 0.717) is 11.5 Å². The van der Waals surface area contributed by atoms with Gasteiger partial charge in [0, 0.05) is 18.7 Å². The lowest BCUT2D eigenvalue weighted by Gasteiger charge is -2.30. The van der Waals surface area contributed by atoms with Gasteiger partial charge in [-0.2, -0.15) is 0 Å². The van der Waals surface area contributed by atoms with Crippen molar-refractivity contribution in [1.82, 2.24) is 10.2 Å². The molecule has 1 saturated heterocycles. The average molecular weight is 423 g/mol. The molecule has 0 aromatic heterocycles. The lowest BCUT2D eigenvalue weighted by atomic mass is 9.93. The fraction of sp³-hybridized carbons (Fsp3) is 0.519. The van der Waals surface area contributed by atoms with Crippen LogP contribution in [-0.2, 0) is 6.54 Å². The van der Waals surface area contributed by atoms with Crippen LogP contribution in [-0.4, -0.2) is 31.0 Å². The van der Waals surface area contributed by atoms with Crippen molar-refractivity contribution in [2.45, 2.75) is 66.0 Å². The number of likely N-dealkylation sites (tertiary alicyclic amines) is 1. The lowest BCUT2D eigenvalue weighted by Crippen LogP contribution is -2.33. The normalized spacial score (nSPS) is 18.1. The monoisotopic (exact) mass is 422 g/mol. The summed E-state index contributed by atoms with van der Waals surface area (Å²) in [6.45, 7) is 14.1. The SMILES string of the molecule is COc1cc(C)c([C@H](C)NC(=O)c2ccc(CN3CCC[C@@H](C)C3)cc2)cc1C(C)C. The Hall–Kier alpha value is -2.33. The molecule has 2 atom stereocenters. The molecule has 4 heteroatoms. The van der Waals surface area contributed by atoms with E-state index in [1.807, 2.05) is 19.1 Å². The zero-order valence-corrected chi connectivity index (χ0v) is 20.0. The summed E-state index contributed by atoms with van der Waals surface area (Å²) in [5.74, 6) is 2.01. The Balaban J connectivity index is 1.66. The maximum Gasteiger partial charge on any atom is 0.251 e. The number of carbonyl (C=O) groups is 1. The van der Waals surface area contributed by atoms with Gasteiger partial charge in [0.2, 0.25) is 0 Å². The van der Waals surface area contributed by atoms with Crippen molar-refractivity contribution < 1.29 is 9.53 Å². The van der Waals surface area contributed by atoms with Crippen molar-refractivity contribution in [2.75, 3.05) is 20.2 Å². The molecule has 0 aliphatic carbocycles. The van der Waals surface area contributed by atoms with E-state index in [2.05, 4.69) is 62.2 Å². The Labute approximate surface area is 188 Å². The zero-order valence-electron chi connectivity index (χ0n) is 20.0. The highest BCUT2D eigenvalue weighted by Gasteiger charge is 2.19. The van der Waals surface area contributed by atoms with Gasteiger partial charge in [-0.15, -0.1) is 0 Å². The van der Waals surface area contributed by atoms with Crippen molar-refractivity contribution in [3.05, 3.63) is 64.2 Å². The molecule has 2 aromatic rings. The minimum absolute atomic E-state index is 0.0352. The molecule has 168 valence electrons. The van der Waals surface area contributed by atoms with Crippen LogP contribution in [0.4, 0.5) is 0 Å². The van der Waals surface area contributed by atoms with E-state index in [0.717, 1.165) is 29.3 Å².